The number of nitrogens with one attached hydrogen (secondary N) is 1. The number of hydrogen-bond acceptors (Lipinski definition) is 5. The summed E-state index contributed by atoms with van der Waals surface area (Å²) in [6.45, 7) is 4.39. The number of aliphatic hydroxyl groups is 1. The Morgan fingerprint density at radius 2 is 2.40 bits per heavy atom. The first-order valence-corrected chi connectivity index (χ1v) is 5.59. The number of aliphatic hydroxyl groups excluding tert-OH is 1. The predicted molar refractivity (Wildman–Crippen MR) is 58.6 cm³/mol. The second-order valence-corrected chi connectivity index (χ2v) is 4.42. The van der Waals surface area contributed by atoms with Crippen LogP contribution in [0, 0.1) is 5.82 Å². The standard InChI is InChI=1S/C9H14FN3OS/c1-3-11-9-12-4-7(10)8(13-9)15-6(2)5-14/h4,6,14H,3,5H2,1-2H3,(H,11,12,13). The lowest BCUT2D eigenvalue weighted by Gasteiger charge is -2.08. The van der Waals surface area contributed by atoms with Crippen LogP contribution in [0.25, 0.3) is 0 Å². The van der Waals surface area contributed by atoms with E-state index in [9.17, 15) is 4.39 Å². The number of anilines is 1. The molecule has 0 fully saturated rings. The molecule has 0 aliphatic carbocycles. The molecule has 0 radical (unpaired) electrons. The van der Waals surface area contributed by atoms with Gasteiger partial charge in [-0.25, -0.2) is 14.4 Å². The van der Waals surface area contributed by atoms with Gasteiger partial charge in [0, 0.05) is 11.8 Å². The van der Waals surface area contributed by atoms with Gasteiger partial charge in [0.05, 0.1) is 12.8 Å². The van der Waals surface area contributed by atoms with Crippen molar-refractivity contribution < 1.29 is 9.50 Å². The molecule has 0 aliphatic rings. The van der Waals surface area contributed by atoms with Crippen molar-refractivity contribution in [1.82, 2.24) is 9.97 Å². The first-order valence-electron chi connectivity index (χ1n) is 4.71. The van der Waals surface area contributed by atoms with Crippen molar-refractivity contribution in [3.8, 4) is 0 Å². The zero-order chi connectivity index (χ0) is 11.3. The number of rotatable bonds is 5. The summed E-state index contributed by atoms with van der Waals surface area (Å²) in [5.74, 6) is -0.0477. The Morgan fingerprint density at radius 3 is 3.00 bits per heavy atom. The molecule has 1 rings (SSSR count). The molecule has 0 aliphatic heterocycles. The van der Waals surface area contributed by atoms with E-state index in [0.717, 1.165) is 6.20 Å². The van der Waals surface area contributed by atoms with E-state index < -0.39 is 5.82 Å². The number of halogens is 1. The van der Waals surface area contributed by atoms with E-state index in [4.69, 9.17) is 5.11 Å². The summed E-state index contributed by atoms with van der Waals surface area (Å²) in [4.78, 5) is 7.79. The topological polar surface area (TPSA) is 58.0 Å². The van der Waals surface area contributed by atoms with Crippen molar-refractivity contribution in [2.24, 2.45) is 0 Å². The number of nitrogens with zero attached hydrogens (tertiary/aromatic N) is 2. The molecule has 84 valence electrons. The van der Waals surface area contributed by atoms with Gasteiger partial charge in [0.2, 0.25) is 5.95 Å². The normalized spacial score (nSPS) is 12.5. The zero-order valence-electron chi connectivity index (χ0n) is 8.70. The Hall–Kier alpha value is -0.880. The summed E-state index contributed by atoms with van der Waals surface area (Å²) in [6.07, 6.45) is 1.14. The van der Waals surface area contributed by atoms with Gasteiger partial charge in [0.25, 0.3) is 0 Å². The van der Waals surface area contributed by atoms with E-state index >= 15 is 0 Å². The lowest BCUT2D eigenvalue weighted by Crippen LogP contribution is -2.07. The van der Waals surface area contributed by atoms with Crippen molar-refractivity contribution >= 4 is 17.7 Å². The molecule has 4 nitrogen and oxygen atoms in total. The van der Waals surface area contributed by atoms with E-state index in [1.807, 2.05) is 6.92 Å². The summed E-state index contributed by atoms with van der Waals surface area (Å²) in [5.41, 5.74) is 0. The van der Waals surface area contributed by atoms with E-state index in [1.54, 1.807) is 6.92 Å². The summed E-state index contributed by atoms with van der Waals surface area (Å²) < 4.78 is 13.3. The molecular weight excluding hydrogens is 217 g/mol. The van der Waals surface area contributed by atoms with Gasteiger partial charge in [-0.3, -0.25) is 0 Å². The molecule has 1 aromatic heterocycles. The van der Waals surface area contributed by atoms with Gasteiger partial charge in [-0.1, -0.05) is 18.7 Å². The Balaban J connectivity index is 2.80. The zero-order valence-corrected chi connectivity index (χ0v) is 9.51. The molecular formula is C9H14FN3OS. The molecule has 15 heavy (non-hydrogen) atoms. The minimum absolute atomic E-state index is 0.00928. The van der Waals surface area contributed by atoms with E-state index in [0.29, 0.717) is 12.5 Å². The van der Waals surface area contributed by atoms with Crippen molar-refractivity contribution in [2.45, 2.75) is 24.1 Å². The highest BCUT2D eigenvalue weighted by molar-refractivity contribution is 7.99. The molecule has 1 heterocycles. The fourth-order valence-corrected chi connectivity index (χ4v) is 1.67. The van der Waals surface area contributed by atoms with Crippen molar-refractivity contribution in [3.63, 3.8) is 0 Å². The molecule has 1 aromatic rings. The minimum atomic E-state index is -0.457. The molecule has 6 heteroatoms. The molecule has 0 aromatic carbocycles. The Morgan fingerprint density at radius 1 is 1.67 bits per heavy atom. The van der Waals surface area contributed by atoms with E-state index in [1.165, 1.54) is 11.8 Å². The first kappa shape index (κ1) is 12.2. The van der Waals surface area contributed by atoms with Crippen LogP contribution in [0.1, 0.15) is 13.8 Å². The number of aromatic nitrogens is 2. The van der Waals surface area contributed by atoms with Gasteiger partial charge in [-0.2, -0.15) is 0 Å². The maximum Gasteiger partial charge on any atom is 0.223 e. The third-order valence-corrected chi connectivity index (χ3v) is 2.68. The maximum absolute atomic E-state index is 13.3. The van der Waals surface area contributed by atoms with Crippen LogP contribution < -0.4 is 5.32 Å². The van der Waals surface area contributed by atoms with Gasteiger partial charge in [0.15, 0.2) is 5.82 Å². The summed E-state index contributed by atoms with van der Waals surface area (Å²) in [7, 11) is 0. The number of hydrogen-bond donors (Lipinski definition) is 2. The van der Waals surface area contributed by atoms with Crippen LogP contribution in [0.15, 0.2) is 11.2 Å². The van der Waals surface area contributed by atoms with E-state index in [-0.39, 0.29) is 16.9 Å². The molecule has 0 saturated carbocycles. The lowest BCUT2D eigenvalue weighted by molar-refractivity contribution is 0.300. The quantitative estimate of drug-likeness (QED) is 0.594. The monoisotopic (exact) mass is 231 g/mol. The Kier molecular flexibility index (Phi) is 4.77. The Bertz CT molecular complexity index is 324. The van der Waals surface area contributed by atoms with Crippen LogP contribution in [0.2, 0.25) is 0 Å². The second kappa shape index (κ2) is 5.87. The highest BCUT2D eigenvalue weighted by atomic mass is 32.2. The molecule has 0 spiro atoms. The van der Waals surface area contributed by atoms with Gasteiger partial charge < -0.3 is 10.4 Å². The fraction of sp³-hybridized carbons (Fsp3) is 0.556. The minimum Gasteiger partial charge on any atom is -0.395 e. The molecule has 1 unspecified atom stereocenters. The third-order valence-electron chi connectivity index (χ3n) is 1.62. The summed E-state index contributed by atoms with van der Waals surface area (Å²) in [6, 6.07) is 0. The predicted octanol–water partition coefficient (Wildman–Crippen LogP) is 1.52. The van der Waals surface area contributed by atoms with Crippen LogP contribution in [0.4, 0.5) is 10.3 Å². The van der Waals surface area contributed by atoms with Crippen LogP contribution in [-0.2, 0) is 0 Å². The molecule has 0 amide bonds. The second-order valence-electron chi connectivity index (χ2n) is 2.99. The fourth-order valence-electron chi connectivity index (χ4n) is 0.905. The van der Waals surface area contributed by atoms with Crippen LogP contribution in [-0.4, -0.2) is 33.5 Å². The summed E-state index contributed by atoms with van der Waals surface area (Å²) >= 11 is 1.19. The van der Waals surface area contributed by atoms with Crippen LogP contribution in [0.5, 0.6) is 0 Å². The maximum atomic E-state index is 13.3. The molecule has 0 bridgehead atoms. The SMILES string of the molecule is CCNc1ncc(F)c(SC(C)CO)n1. The lowest BCUT2D eigenvalue weighted by atomic mass is 10.5. The van der Waals surface area contributed by atoms with Gasteiger partial charge >= 0.3 is 0 Å². The van der Waals surface area contributed by atoms with Gasteiger partial charge in [0.1, 0.15) is 5.03 Å². The largest absolute Gasteiger partial charge is 0.395 e. The van der Waals surface area contributed by atoms with Crippen molar-refractivity contribution in [2.75, 3.05) is 18.5 Å². The average Bonchev–Trinajstić information content (AvgIpc) is 2.23. The first-order chi connectivity index (χ1) is 7.17. The van der Waals surface area contributed by atoms with Crippen molar-refractivity contribution in [3.05, 3.63) is 12.0 Å². The molecule has 0 saturated heterocycles. The highest BCUT2D eigenvalue weighted by Gasteiger charge is 2.11. The highest BCUT2D eigenvalue weighted by Crippen LogP contribution is 2.24. The van der Waals surface area contributed by atoms with Gasteiger partial charge in [-0.05, 0) is 6.92 Å². The van der Waals surface area contributed by atoms with Crippen LogP contribution in [0.3, 0.4) is 0 Å². The van der Waals surface area contributed by atoms with Crippen molar-refractivity contribution in [1.29, 1.82) is 0 Å². The van der Waals surface area contributed by atoms with Crippen LogP contribution >= 0.6 is 11.8 Å². The summed E-state index contributed by atoms with van der Waals surface area (Å²) in [5, 5.41) is 11.9. The van der Waals surface area contributed by atoms with E-state index in [2.05, 4.69) is 15.3 Å². The molecule has 2 N–H and O–H groups in total. The number of thioether (sulfide) groups is 1. The Labute approximate surface area is 92.3 Å². The van der Waals surface area contributed by atoms with Gasteiger partial charge in [-0.15, -0.1) is 0 Å². The smallest absolute Gasteiger partial charge is 0.223 e. The third kappa shape index (κ3) is 3.64. The molecule has 1 atom stereocenters. The average molecular weight is 231 g/mol.